The van der Waals surface area contributed by atoms with E-state index in [9.17, 15) is 5.11 Å². The molecule has 5 rings (SSSR count). The van der Waals surface area contributed by atoms with E-state index in [0.717, 1.165) is 17.7 Å². The maximum atomic E-state index is 10.8. The largest absolute Gasteiger partial charge is 0.509 e. The molecule has 5 nitrogen and oxygen atoms in total. The first-order valence-corrected chi connectivity index (χ1v) is 8.03. The molecule has 0 aliphatic carbocycles. The normalized spacial score (nSPS) is 21.1. The summed E-state index contributed by atoms with van der Waals surface area (Å²) in [6.45, 7) is 1.06. The van der Waals surface area contributed by atoms with Crippen molar-refractivity contribution in [2.75, 3.05) is 18.1 Å². The minimum Gasteiger partial charge on any atom is -0.509 e. The smallest absolute Gasteiger partial charge is 0.161 e. The number of ether oxygens (including phenoxy) is 2. The Morgan fingerprint density at radius 3 is 2.71 bits per heavy atom. The van der Waals surface area contributed by atoms with E-state index in [0.29, 0.717) is 36.1 Å². The lowest BCUT2D eigenvalue weighted by Crippen LogP contribution is -2.31. The highest BCUT2D eigenvalue weighted by molar-refractivity contribution is 6.32. The minimum absolute atomic E-state index is 0.182. The molecule has 0 saturated heterocycles. The van der Waals surface area contributed by atoms with Gasteiger partial charge in [-0.25, -0.2) is 0 Å². The second kappa shape index (κ2) is 4.77. The van der Waals surface area contributed by atoms with Crippen LogP contribution in [0.15, 0.2) is 48.2 Å². The van der Waals surface area contributed by atoms with Crippen molar-refractivity contribution in [3.63, 3.8) is 0 Å². The van der Waals surface area contributed by atoms with Crippen molar-refractivity contribution in [1.29, 1.82) is 5.41 Å². The fourth-order valence-electron chi connectivity index (χ4n) is 3.77. The molecule has 2 aromatic rings. The first kappa shape index (κ1) is 13.5. The van der Waals surface area contributed by atoms with Crippen molar-refractivity contribution in [3.05, 3.63) is 59.4 Å². The van der Waals surface area contributed by atoms with Crippen molar-refractivity contribution < 1.29 is 14.6 Å². The van der Waals surface area contributed by atoms with Crippen molar-refractivity contribution in [3.8, 4) is 11.5 Å². The maximum Gasteiger partial charge on any atom is 0.161 e. The van der Waals surface area contributed by atoms with Crippen LogP contribution in [0.3, 0.4) is 0 Å². The fourth-order valence-corrected chi connectivity index (χ4v) is 3.77. The van der Waals surface area contributed by atoms with Crippen molar-refractivity contribution in [2.45, 2.75) is 12.5 Å². The summed E-state index contributed by atoms with van der Waals surface area (Å²) in [5.41, 5.74) is 3.53. The van der Waals surface area contributed by atoms with Crippen LogP contribution >= 0.6 is 0 Å². The summed E-state index contributed by atoms with van der Waals surface area (Å²) in [4.78, 5) is 1.91. The Balaban J connectivity index is 1.58. The second-order valence-corrected chi connectivity index (χ2v) is 6.19. The fraction of sp³-hybridized carbons (Fsp3) is 0.211. The molecule has 5 heteroatoms. The molecule has 0 radical (unpaired) electrons. The van der Waals surface area contributed by atoms with E-state index < -0.39 is 0 Å². The number of amidine groups is 1. The molecule has 0 spiro atoms. The topological polar surface area (TPSA) is 65.8 Å². The molecule has 3 aliphatic rings. The van der Waals surface area contributed by atoms with Gasteiger partial charge in [0.1, 0.15) is 24.8 Å². The Labute approximate surface area is 139 Å². The molecule has 0 aromatic heterocycles. The number of nitrogens with zero attached hydrogens (tertiary/aromatic N) is 1. The summed E-state index contributed by atoms with van der Waals surface area (Å²) in [7, 11) is 0. The van der Waals surface area contributed by atoms with Crippen LogP contribution in [0.5, 0.6) is 11.5 Å². The van der Waals surface area contributed by atoms with Crippen LogP contribution in [0.25, 0.3) is 5.57 Å². The Morgan fingerprint density at radius 1 is 1.04 bits per heavy atom. The molecule has 0 unspecified atom stereocenters. The molecule has 2 aromatic carbocycles. The quantitative estimate of drug-likeness (QED) is 0.847. The standard InChI is InChI=1S/C19H16N2O3/c20-19-17(12-5-6-15-16(10-12)24-8-7-23-15)18(22)14-9-11-3-1-2-4-13(11)21(14)19/h1-6,10,14,20,22H,7-9H2/t14-/m1/s1. The van der Waals surface area contributed by atoms with E-state index in [1.807, 2.05) is 41.3 Å². The van der Waals surface area contributed by atoms with E-state index >= 15 is 0 Å². The minimum atomic E-state index is -0.182. The van der Waals surface area contributed by atoms with Crippen molar-refractivity contribution in [1.82, 2.24) is 0 Å². The number of fused-ring (bicyclic) bond motifs is 4. The average molecular weight is 320 g/mol. The van der Waals surface area contributed by atoms with Gasteiger partial charge in [-0.1, -0.05) is 24.3 Å². The zero-order valence-electron chi connectivity index (χ0n) is 13.0. The van der Waals surface area contributed by atoms with Gasteiger partial charge in [-0.2, -0.15) is 0 Å². The van der Waals surface area contributed by atoms with Gasteiger partial charge in [-0.05, 0) is 29.3 Å². The highest BCUT2D eigenvalue weighted by atomic mass is 16.6. The zero-order valence-corrected chi connectivity index (χ0v) is 13.0. The molecule has 0 bridgehead atoms. The molecule has 2 N–H and O–H groups in total. The second-order valence-electron chi connectivity index (χ2n) is 6.19. The van der Waals surface area contributed by atoms with Gasteiger partial charge in [0.05, 0.1) is 11.6 Å². The van der Waals surface area contributed by atoms with E-state index in [1.165, 1.54) is 5.56 Å². The molecular formula is C19H16N2O3. The average Bonchev–Trinajstić information content (AvgIpc) is 3.11. The first-order chi connectivity index (χ1) is 11.7. The third-order valence-corrected chi connectivity index (χ3v) is 4.86. The van der Waals surface area contributed by atoms with Gasteiger partial charge in [0.15, 0.2) is 11.5 Å². The van der Waals surface area contributed by atoms with Crippen LogP contribution in [-0.4, -0.2) is 30.2 Å². The van der Waals surface area contributed by atoms with E-state index in [1.54, 1.807) is 0 Å². The molecule has 24 heavy (non-hydrogen) atoms. The number of rotatable bonds is 1. The molecule has 3 heterocycles. The number of nitrogens with one attached hydrogen (secondary N) is 1. The molecule has 1 atom stereocenters. The number of hydrogen-bond acceptors (Lipinski definition) is 4. The number of aliphatic hydroxyl groups excluding tert-OH is 1. The van der Waals surface area contributed by atoms with Crippen molar-refractivity contribution in [2.24, 2.45) is 0 Å². The predicted octanol–water partition coefficient (Wildman–Crippen LogP) is 3.15. The van der Waals surface area contributed by atoms with Gasteiger partial charge in [0, 0.05) is 12.1 Å². The maximum absolute atomic E-state index is 10.8. The Hall–Kier alpha value is -2.95. The van der Waals surface area contributed by atoms with Crippen LogP contribution in [0.4, 0.5) is 5.69 Å². The number of para-hydroxylation sites is 1. The monoisotopic (exact) mass is 320 g/mol. The summed E-state index contributed by atoms with van der Waals surface area (Å²) in [6, 6.07) is 13.4. The van der Waals surface area contributed by atoms with Gasteiger partial charge < -0.3 is 19.5 Å². The lowest BCUT2D eigenvalue weighted by molar-refractivity contribution is 0.171. The van der Waals surface area contributed by atoms with Crippen LogP contribution in [0.1, 0.15) is 11.1 Å². The number of anilines is 1. The van der Waals surface area contributed by atoms with Gasteiger partial charge in [0.2, 0.25) is 0 Å². The molecule has 0 saturated carbocycles. The Morgan fingerprint density at radius 2 is 1.83 bits per heavy atom. The first-order valence-electron chi connectivity index (χ1n) is 8.03. The molecule has 3 aliphatic heterocycles. The number of aliphatic hydroxyl groups is 1. The van der Waals surface area contributed by atoms with Crippen molar-refractivity contribution >= 4 is 17.1 Å². The van der Waals surface area contributed by atoms with Gasteiger partial charge in [0.25, 0.3) is 0 Å². The number of hydrogen-bond donors (Lipinski definition) is 2. The predicted molar refractivity (Wildman–Crippen MR) is 91.1 cm³/mol. The van der Waals surface area contributed by atoms with Crippen LogP contribution in [0.2, 0.25) is 0 Å². The van der Waals surface area contributed by atoms with E-state index in [4.69, 9.17) is 14.9 Å². The zero-order chi connectivity index (χ0) is 16.3. The summed E-state index contributed by atoms with van der Waals surface area (Å²) >= 11 is 0. The molecular weight excluding hydrogens is 304 g/mol. The van der Waals surface area contributed by atoms with Crippen LogP contribution in [-0.2, 0) is 6.42 Å². The van der Waals surface area contributed by atoms with Gasteiger partial charge in [-0.15, -0.1) is 0 Å². The molecule has 0 amide bonds. The third kappa shape index (κ3) is 1.72. The Bertz CT molecular complexity index is 903. The number of benzene rings is 2. The summed E-state index contributed by atoms with van der Waals surface area (Å²) in [6.07, 6.45) is 0.721. The summed E-state index contributed by atoms with van der Waals surface area (Å²) in [5, 5.41) is 19.4. The lowest BCUT2D eigenvalue weighted by atomic mass is 10.0. The Kier molecular flexibility index (Phi) is 2.68. The molecule has 0 fully saturated rings. The van der Waals surface area contributed by atoms with Gasteiger partial charge in [-0.3, -0.25) is 5.41 Å². The van der Waals surface area contributed by atoms with Crippen LogP contribution < -0.4 is 14.4 Å². The van der Waals surface area contributed by atoms with Crippen LogP contribution in [0, 0.1) is 5.41 Å². The lowest BCUT2D eigenvalue weighted by Gasteiger charge is -2.21. The molecule has 120 valence electrons. The SMILES string of the molecule is N=C1C(c2ccc3c(c2)OCCO3)=C(O)[C@H]2Cc3ccccc3N12. The highest BCUT2D eigenvalue weighted by Crippen LogP contribution is 2.44. The third-order valence-electron chi connectivity index (χ3n) is 4.86. The van der Waals surface area contributed by atoms with Gasteiger partial charge >= 0.3 is 0 Å². The summed E-state index contributed by atoms with van der Waals surface area (Å²) < 4.78 is 11.2. The summed E-state index contributed by atoms with van der Waals surface area (Å²) in [5.74, 6) is 1.96. The van der Waals surface area contributed by atoms with E-state index in [2.05, 4.69) is 6.07 Å². The highest BCUT2D eigenvalue weighted by Gasteiger charge is 2.43. The van der Waals surface area contributed by atoms with E-state index in [-0.39, 0.29) is 11.8 Å².